The van der Waals surface area contributed by atoms with E-state index in [9.17, 15) is 5.11 Å². The highest BCUT2D eigenvalue weighted by Crippen LogP contribution is 2.35. The van der Waals surface area contributed by atoms with E-state index in [1.165, 1.54) is 11.1 Å². The lowest BCUT2D eigenvalue weighted by Crippen LogP contribution is -2.22. The molecule has 0 bridgehead atoms. The van der Waals surface area contributed by atoms with Crippen molar-refractivity contribution in [2.75, 3.05) is 0 Å². The Hall–Kier alpha value is -1.68. The predicted octanol–water partition coefficient (Wildman–Crippen LogP) is 1.67. The highest BCUT2D eigenvalue weighted by atomic mass is 16.3. The van der Waals surface area contributed by atoms with Crippen LogP contribution in [0.2, 0.25) is 0 Å². The third-order valence-corrected chi connectivity index (χ3v) is 3.35. The first-order valence-electron chi connectivity index (χ1n) is 5.90. The highest BCUT2D eigenvalue weighted by molar-refractivity contribution is 5.39. The molecule has 2 aromatic rings. The van der Waals surface area contributed by atoms with Gasteiger partial charge in [-0.05, 0) is 24.5 Å². The van der Waals surface area contributed by atoms with Crippen LogP contribution in [0.15, 0.2) is 30.5 Å². The molecule has 88 valence electrons. The number of benzene rings is 1. The van der Waals surface area contributed by atoms with E-state index in [-0.39, 0.29) is 0 Å². The maximum absolute atomic E-state index is 9.38. The molecule has 0 spiro atoms. The van der Waals surface area contributed by atoms with Crippen molar-refractivity contribution in [1.29, 1.82) is 0 Å². The van der Waals surface area contributed by atoms with Gasteiger partial charge in [-0.2, -0.15) is 0 Å². The van der Waals surface area contributed by atoms with E-state index < -0.39 is 6.10 Å². The van der Waals surface area contributed by atoms with E-state index in [0.29, 0.717) is 11.6 Å². The normalized spacial score (nSPS) is 19.5. The number of rotatable bonds is 3. The van der Waals surface area contributed by atoms with E-state index in [4.69, 9.17) is 0 Å². The van der Waals surface area contributed by atoms with Crippen LogP contribution >= 0.6 is 0 Å². The number of fused-ring (bicyclic) bond motifs is 1. The van der Waals surface area contributed by atoms with Crippen molar-refractivity contribution in [3.8, 4) is 0 Å². The van der Waals surface area contributed by atoms with Gasteiger partial charge in [0.05, 0.1) is 12.3 Å². The predicted molar refractivity (Wildman–Crippen MR) is 63.5 cm³/mol. The van der Waals surface area contributed by atoms with Gasteiger partial charge in [0, 0.05) is 12.5 Å². The van der Waals surface area contributed by atoms with E-state index in [1.54, 1.807) is 6.92 Å². The second-order valence-corrected chi connectivity index (χ2v) is 4.64. The van der Waals surface area contributed by atoms with E-state index >= 15 is 0 Å². The summed E-state index contributed by atoms with van der Waals surface area (Å²) in [7, 11) is 0. The van der Waals surface area contributed by atoms with E-state index in [2.05, 4.69) is 34.6 Å². The Morgan fingerprint density at radius 2 is 2.29 bits per heavy atom. The average molecular weight is 229 g/mol. The fourth-order valence-corrected chi connectivity index (χ4v) is 2.35. The minimum Gasteiger partial charge on any atom is -0.387 e. The summed E-state index contributed by atoms with van der Waals surface area (Å²) in [4.78, 5) is 0. The molecule has 4 heteroatoms. The zero-order valence-electron chi connectivity index (χ0n) is 9.74. The van der Waals surface area contributed by atoms with Crippen molar-refractivity contribution in [1.82, 2.24) is 15.0 Å². The minimum absolute atomic E-state index is 0.537. The van der Waals surface area contributed by atoms with Crippen LogP contribution < -0.4 is 0 Å². The molecule has 1 aromatic heterocycles. The van der Waals surface area contributed by atoms with Gasteiger partial charge in [-0.15, -0.1) is 5.10 Å². The van der Waals surface area contributed by atoms with Crippen LogP contribution in [-0.2, 0) is 13.0 Å². The SMILES string of the molecule is CC(O)c1cn(CC2Cc3ccccc32)nn1. The van der Waals surface area contributed by atoms with Gasteiger partial charge >= 0.3 is 0 Å². The summed E-state index contributed by atoms with van der Waals surface area (Å²) in [6, 6.07) is 8.51. The number of aliphatic hydroxyl groups is 1. The van der Waals surface area contributed by atoms with Crippen molar-refractivity contribution < 1.29 is 5.11 Å². The molecule has 0 aliphatic heterocycles. The highest BCUT2D eigenvalue weighted by Gasteiger charge is 2.26. The summed E-state index contributed by atoms with van der Waals surface area (Å²) < 4.78 is 1.82. The number of hydrogen-bond donors (Lipinski definition) is 1. The molecule has 1 heterocycles. The second kappa shape index (κ2) is 3.96. The summed E-state index contributed by atoms with van der Waals surface area (Å²) >= 11 is 0. The summed E-state index contributed by atoms with van der Waals surface area (Å²) in [6.07, 6.45) is 2.39. The summed E-state index contributed by atoms with van der Waals surface area (Å²) in [5, 5.41) is 17.4. The smallest absolute Gasteiger partial charge is 0.111 e. The molecule has 0 amide bonds. The van der Waals surface area contributed by atoms with Crippen LogP contribution in [0.25, 0.3) is 0 Å². The van der Waals surface area contributed by atoms with E-state index in [1.807, 2.05) is 10.9 Å². The van der Waals surface area contributed by atoms with Crippen molar-refractivity contribution in [3.05, 3.63) is 47.3 Å². The number of aliphatic hydroxyl groups excluding tert-OH is 1. The second-order valence-electron chi connectivity index (χ2n) is 4.64. The molecular weight excluding hydrogens is 214 g/mol. The van der Waals surface area contributed by atoms with E-state index in [0.717, 1.165) is 13.0 Å². The first-order valence-corrected chi connectivity index (χ1v) is 5.90. The summed E-state index contributed by atoms with van der Waals surface area (Å²) in [5.41, 5.74) is 3.49. The number of hydrogen-bond acceptors (Lipinski definition) is 3. The Morgan fingerprint density at radius 1 is 1.47 bits per heavy atom. The van der Waals surface area contributed by atoms with Gasteiger partial charge in [-0.1, -0.05) is 29.5 Å². The fraction of sp³-hybridized carbons (Fsp3) is 0.385. The first kappa shape index (κ1) is 10.5. The van der Waals surface area contributed by atoms with Crippen LogP contribution in [0.5, 0.6) is 0 Å². The molecule has 1 aliphatic carbocycles. The lowest BCUT2D eigenvalue weighted by Gasteiger charge is -2.29. The standard InChI is InChI=1S/C13H15N3O/c1-9(17)13-8-16(15-14-13)7-11-6-10-4-2-3-5-12(10)11/h2-5,8-9,11,17H,6-7H2,1H3. The molecular formula is C13H15N3O. The van der Waals surface area contributed by atoms with Gasteiger partial charge in [0.15, 0.2) is 0 Å². The molecule has 0 radical (unpaired) electrons. The Bertz CT molecular complexity index is 533. The molecule has 1 N–H and O–H groups in total. The molecule has 2 unspecified atom stereocenters. The largest absolute Gasteiger partial charge is 0.387 e. The molecule has 0 saturated carbocycles. The maximum atomic E-state index is 9.38. The Labute approximate surface area is 99.9 Å². The van der Waals surface area contributed by atoms with Crippen molar-refractivity contribution in [2.24, 2.45) is 0 Å². The van der Waals surface area contributed by atoms with Crippen LogP contribution in [0, 0.1) is 0 Å². The van der Waals surface area contributed by atoms with Crippen molar-refractivity contribution in [2.45, 2.75) is 31.9 Å². The quantitative estimate of drug-likeness (QED) is 0.871. The van der Waals surface area contributed by atoms with Crippen LogP contribution in [-0.4, -0.2) is 20.1 Å². The molecule has 2 atom stereocenters. The summed E-state index contributed by atoms with van der Waals surface area (Å²) in [5.74, 6) is 0.537. The van der Waals surface area contributed by atoms with Gasteiger partial charge in [0.25, 0.3) is 0 Å². The molecule has 0 fully saturated rings. The van der Waals surface area contributed by atoms with Crippen molar-refractivity contribution >= 4 is 0 Å². The van der Waals surface area contributed by atoms with Gasteiger partial charge in [-0.3, -0.25) is 4.68 Å². The topological polar surface area (TPSA) is 50.9 Å². The third-order valence-electron chi connectivity index (χ3n) is 3.35. The summed E-state index contributed by atoms with van der Waals surface area (Å²) in [6.45, 7) is 2.55. The first-order chi connectivity index (χ1) is 8.24. The molecule has 3 rings (SSSR count). The molecule has 4 nitrogen and oxygen atoms in total. The van der Waals surface area contributed by atoms with Gasteiger partial charge < -0.3 is 5.11 Å². The molecule has 1 aromatic carbocycles. The zero-order valence-corrected chi connectivity index (χ0v) is 9.74. The Balaban J connectivity index is 1.73. The monoisotopic (exact) mass is 229 g/mol. The van der Waals surface area contributed by atoms with Crippen LogP contribution in [0.3, 0.4) is 0 Å². The van der Waals surface area contributed by atoms with Crippen molar-refractivity contribution in [3.63, 3.8) is 0 Å². The molecule has 1 aliphatic rings. The average Bonchev–Trinajstić information content (AvgIpc) is 2.75. The fourth-order valence-electron chi connectivity index (χ4n) is 2.35. The third kappa shape index (κ3) is 1.85. The van der Waals surface area contributed by atoms with Crippen LogP contribution in [0.4, 0.5) is 0 Å². The Morgan fingerprint density at radius 3 is 3.00 bits per heavy atom. The molecule has 0 saturated heterocycles. The Kier molecular flexibility index (Phi) is 2.44. The lowest BCUT2D eigenvalue weighted by molar-refractivity contribution is 0.194. The minimum atomic E-state index is -0.544. The van der Waals surface area contributed by atoms with Crippen LogP contribution in [0.1, 0.15) is 35.8 Å². The van der Waals surface area contributed by atoms with Gasteiger partial charge in [0.2, 0.25) is 0 Å². The lowest BCUT2D eigenvalue weighted by atomic mass is 9.78. The number of nitrogens with zero attached hydrogens (tertiary/aromatic N) is 3. The molecule has 17 heavy (non-hydrogen) atoms. The number of aromatic nitrogens is 3. The van der Waals surface area contributed by atoms with Gasteiger partial charge in [-0.25, -0.2) is 0 Å². The zero-order chi connectivity index (χ0) is 11.8. The van der Waals surface area contributed by atoms with Gasteiger partial charge in [0.1, 0.15) is 5.69 Å². The maximum Gasteiger partial charge on any atom is 0.111 e.